The minimum atomic E-state index is 0.831. The number of fused-ring (bicyclic) bond motifs is 2. The number of hydrogen-bond donors (Lipinski definition) is 1. The van der Waals surface area contributed by atoms with E-state index in [-0.39, 0.29) is 0 Å². The number of benzene rings is 1. The van der Waals surface area contributed by atoms with Crippen LogP contribution in [0.25, 0.3) is 5.65 Å². The maximum atomic E-state index is 6.13. The Balaban J connectivity index is 1.69. The van der Waals surface area contributed by atoms with Crippen LogP contribution in [-0.4, -0.2) is 15.9 Å². The molecular weight excluding hydrogens is 272 g/mol. The number of aromatic nitrogens is 2. The first kappa shape index (κ1) is 13.2. The van der Waals surface area contributed by atoms with E-state index in [4.69, 9.17) is 10.7 Å². The lowest BCUT2D eigenvalue weighted by Gasteiger charge is -2.31. The van der Waals surface area contributed by atoms with E-state index in [2.05, 4.69) is 46.7 Å². The number of nitrogen functional groups attached to an aromatic ring is 1. The second-order valence-corrected chi connectivity index (χ2v) is 6.00. The standard InChI is InChI=1S/C18H20N4/c1-13-5-2-9-18-20-14(12-22(13)18)11-21-10-4-6-15-16(19)7-3-8-17(15)21/h2-3,5,7-9,12H,4,6,10-11,19H2,1H3. The molecule has 1 aromatic carbocycles. The Hall–Kier alpha value is -2.49. The molecule has 0 radical (unpaired) electrons. The first-order valence-electron chi connectivity index (χ1n) is 7.78. The minimum absolute atomic E-state index is 0.831. The molecule has 3 aromatic rings. The van der Waals surface area contributed by atoms with Gasteiger partial charge in [-0.3, -0.25) is 0 Å². The number of nitrogens with zero attached hydrogens (tertiary/aromatic N) is 3. The molecule has 1 aliphatic rings. The second kappa shape index (κ2) is 5.05. The van der Waals surface area contributed by atoms with E-state index in [9.17, 15) is 0 Å². The number of imidazole rings is 1. The summed E-state index contributed by atoms with van der Waals surface area (Å²) in [5.74, 6) is 0. The molecule has 4 heteroatoms. The quantitative estimate of drug-likeness (QED) is 0.738. The van der Waals surface area contributed by atoms with E-state index in [1.54, 1.807) is 0 Å². The van der Waals surface area contributed by atoms with Gasteiger partial charge < -0.3 is 15.0 Å². The Kier molecular flexibility index (Phi) is 3.03. The Morgan fingerprint density at radius 1 is 1.18 bits per heavy atom. The number of anilines is 2. The summed E-state index contributed by atoms with van der Waals surface area (Å²) in [6, 6.07) is 12.4. The van der Waals surface area contributed by atoms with Crippen LogP contribution in [0.5, 0.6) is 0 Å². The molecule has 4 rings (SSSR count). The Labute approximate surface area is 130 Å². The SMILES string of the molecule is Cc1cccc2nc(CN3CCCc4c(N)cccc43)cn12. The monoisotopic (exact) mass is 292 g/mol. The summed E-state index contributed by atoms with van der Waals surface area (Å²) in [6.07, 6.45) is 4.36. The summed E-state index contributed by atoms with van der Waals surface area (Å²) >= 11 is 0. The van der Waals surface area contributed by atoms with Crippen molar-refractivity contribution in [1.29, 1.82) is 0 Å². The highest BCUT2D eigenvalue weighted by atomic mass is 15.2. The normalized spacial score (nSPS) is 14.3. The Bertz CT molecular complexity index is 834. The van der Waals surface area contributed by atoms with Gasteiger partial charge in [-0.2, -0.15) is 0 Å². The second-order valence-electron chi connectivity index (χ2n) is 6.00. The molecule has 112 valence electrons. The third kappa shape index (κ3) is 2.11. The fraction of sp³-hybridized carbons (Fsp3) is 0.278. The van der Waals surface area contributed by atoms with Gasteiger partial charge in [0.05, 0.1) is 12.2 Å². The van der Waals surface area contributed by atoms with Gasteiger partial charge in [-0.1, -0.05) is 12.1 Å². The molecule has 0 atom stereocenters. The number of rotatable bonds is 2. The predicted octanol–water partition coefficient (Wildman–Crippen LogP) is 3.18. The van der Waals surface area contributed by atoms with Crippen molar-refractivity contribution in [1.82, 2.24) is 9.38 Å². The predicted molar refractivity (Wildman–Crippen MR) is 90.2 cm³/mol. The summed E-state index contributed by atoms with van der Waals surface area (Å²) in [7, 11) is 0. The molecule has 0 spiro atoms. The lowest BCUT2D eigenvalue weighted by molar-refractivity contribution is 0.687. The molecule has 0 saturated heterocycles. The van der Waals surface area contributed by atoms with Crippen LogP contribution in [0.3, 0.4) is 0 Å². The average Bonchev–Trinajstić information content (AvgIpc) is 2.92. The molecule has 4 nitrogen and oxygen atoms in total. The smallest absolute Gasteiger partial charge is 0.137 e. The van der Waals surface area contributed by atoms with Crippen LogP contribution in [0, 0.1) is 6.92 Å². The van der Waals surface area contributed by atoms with Crippen LogP contribution in [0.1, 0.15) is 23.4 Å². The highest BCUT2D eigenvalue weighted by Gasteiger charge is 2.19. The molecule has 2 N–H and O–H groups in total. The van der Waals surface area contributed by atoms with Crippen molar-refractivity contribution in [2.75, 3.05) is 17.2 Å². The summed E-state index contributed by atoms with van der Waals surface area (Å²) in [5.41, 5.74) is 12.9. The van der Waals surface area contributed by atoms with Crippen molar-refractivity contribution in [2.24, 2.45) is 0 Å². The largest absolute Gasteiger partial charge is 0.398 e. The summed E-state index contributed by atoms with van der Waals surface area (Å²) < 4.78 is 2.15. The molecule has 0 unspecified atom stereocenters. The fourth-order valence-corrected chi connectivity index (χ4v) is 3.36. The Morgan fingerprint density at radius 3 is 2.91 bits per heavy atom. The molecule has 0 saturated carbocycles. The number of pyridine rings is 1. The minimum Gasteiger partial charge on any atom is -0.398 e. The van der Waals surface area contributed by atoms with E-state index in [1.807, 2.05) is 12.1 Å². The zero-order chi connectivity index (χ0) is 15.1. The molecule has 22 heavy (non-hydrogen) atoms. The van der Waals surface area contributed by atoms with Crippen molar-refractivity contribution >= 4 is 17.0 Å². The van der Waals surface area contributed by atoms with Gasteiger partial charge in [-0.25, -0.2) is 4.98 Å². The summed E-state index contributed by atoms with van der Waals surface area (Å²) in [5, 5.41) is 0. The lowest BCUT2D eigenvalue weighted by Crippen LogP contribution is -2.29. The van der Waals surface area contributed by atoms with Gasteiger partial charge in [-0.05, 0) is 49.6 Å². The van der Waals surface area contributed by atoms with Crippen molar-refractivity contribution in [3.8, 4) is 0 Å². The van der Waals surface area contributed by atoms with E-state index in [0.717, 1.165) is 43.0 Å². The first-order chi connectivity index (χ1) is 10.7. The van der Waals surface area contributed by atoms with Gasteiger partial charge >= 0.3 is 0 Å². The van der Waals surface area contributed by atoms with Gasteiger partial charge in [0.25, 0.3) is 0 Å². The van der Waals surface area contributed by atoms with E-state index in [0.29, 0.717) is 0 Å². The van der Waals surface area contributed by atoms with Crippen LogP contribution in [-0.2, 0) is 13.0 Å². The van der Waals surface area contributed by atoms with Crippen LogP contribution in [0.4, 0.5) is 11.4 Å². The molecule has 2 aromatic heterocycles. The summed E-state index contributed by atoms with van der Waals surface area (Å²) in [4.78, 5) is 7.15. The molecule has 0 bridgehead atoms. The van der Waals surface area contributed by atoms with E-state index < -0.39 is 0 Å². The average molecular weight is 292 g/mol. The summed E-state index contributed by atoms with van der Waals surface area (Å²) in [6.45, 7) is 4.00. The highest BCUT2D eigenvalue weighted by molar-refractivity contribution is 5.66. The van der Waals surface area contributed by atoms with Crippen LogP contribution in [0.15, 0.2) is 42.6 Å². The number of aryl methyl sites for hydroxylation is 1. The fourth-order valence-electron chi connectivity index (χ4n) is 3.36. The maximum Gasteiger partial charge on any atom is 0.137 e. The van der Waals surface area contributed by atoms with Gasteiger partial charge in [0.2, 0.25) is 0 Å². The van der Waals surface area contributed by atoms with Gasteiger partial charge in [0.1, 0.15) is 5.65 Å². The van der Waals surface area contributed by atoms with Gasteiger partial charge in [0.15, 0.2) is 0 Å². The molecular formula is C18H20N4. The maximum absolute atomic E-state index is 6.13. The molecule has 0 amide bonds. The third-order valence-electron chi connectivity index (χ3n) is 4.48. The van der Waals surface area contributed by atoms with Crippen LogP contribution in [0.2, 0.25) is 0 Å². The Morgan fingerprint density at radius 2 is 2.05 bits per heavy atom. The molecule has 3 heterocycles. The number of nitrogens with two attached hydrogens (primary N) is 1. The van der Waals surface area contributed by atoms with Crippen molar-refractivity contribution in [3.63, 3.8) is 0 Å². The van der Waals surface area contributed by atoms with Crippen molar-refractivity contribution in [3.05, 3.63) is 59.5 Å². The van der Waals surface area contributed by atoms with Crippen molar-refractivity contribution in [2.45, 2.75) is 26.3 Å². The number of hydrogen-bond acceptors (Lipinski definition) is 3. The van der Waals surface area contributed by atoms with Crippen LogP contribution >= 0.6 is 0 Å². The highest BCUT2D eigenvalue weighted by Crippen LogP contribution is 2.32. The van der Waals surface area contributed by atoms with Gasteiger partial charge in [0, 0.05) is 29.8 Å². The van der Waals surface area contributed by atoms with Crippen molar-refractivity contribution < 1.29 is 0 Å². The third-order valence-corrected chi connectivity index (χ3v) is 4.48. The zero-order valence-corrected chi connectivity index (χ0v) is 12.8. The first-order valence-corrected chi connectivity index (χ1v) is 7.78. The van der Waals surface area contributed by atoms with E-state index >= 15 is 0 Å². The molecule has 0 fully saturated rings. The molecule has 1 aliphatic heterocycles. The molecule has 0 aliphatic carbocycles. The van der Waals surface area contributed by atoms with Gasteiger partial charge in [-0.15, -0.1) is 0 Å². The topological polar surface area (TPSA) is 46.6 Å². The van der Waals surface area contributed by atoms with Crippen LogP contribution < -0.4 is 10.6 Å². The van der Waals surface area contributed by atoms with E-state index in [1.165, 1.54) is 16.9 Å². The zero-order valence-electron chi connectivity index (χ0n) is 12.8. The lowest BCUT2D eigenvalue weighted by atomic mass is 10.00.